The van der Waals surface area contributed by atoms with Gasteiger partial charge in [0.25, 0.3) is 5.56 Å². The fourth-order valence-electron chi connectivity index (χ4n) is 3.58. The summed E-state index contributed by atoms with van der Waals surface area (Å²) in [7, 11) is 1.64. The highest BCUT2D eigenvalue weighted by atomic mass is 16.2. The van der Waals surface area contributed by atoms with E-state index in [-0.39, 0.29) is 17.4 Å². The molecule has 1 aromatic rings. The molecule has 2 heterocycles. The van der Waals surface area contributed by atoms with Gasteiger partial charge < -0.3 is 10.2 Å². The number of aromatic nitrogens is 2. The van der Waals surface area contributed by atoms with Crippen LogP contribution >= 0.6 is 0 Å². The molecule has 2 fully saturated rings. The fourth-order valence-corrected chi connectivity index (χ4v) is 3.58. The van der Waals surface area contributed by atoms with Crippen molar-refractivity contribution in [2.45, 2.75) is 51.0 Å². The van der Waals surface area contributed by atoms with E-state index in [1.54, 1.807) is 19.3 Å². The summed E-state index contributed by atoms with van der Waals surface area (Å²) in [5.74, 6) is 0.193. The Morgan fingerprint density at radius 1 is 1.22 bits per heavy atom. The molecule has 1 aromatic heterocycles. The van der Waals surface area contributed by atoms with E-state index in [2.05, 4.69) is 15.3 Å². The molecule has 23 heavy (non-hydrogen) atoms. The van der Waals surface area contributed by atoms with Crippen LogP contribution in [0.5, 0.6) is 0 Å². The highest BCUT2D eigenvalue weighted by Gasteiger charge is 2.30. The molecule has 1 saturated heterocycles. The first-order chi connectivity index (χ1) is 11.1. The Labute approximate surface area is 136 Å². The average molecular weight is 318 g/mol. The molecule has 1 N–H and O–H groups in total. The standard InChI is InChI=1S/C17H26N4O2/c1-20-16(22)10-15(11-18-20)21-9-8-13(12-21)17(23)19-14-6-4-2-3-5-7-14/h10-11,13-14H,2-9,12H2,1H3,(H,19,23). The molecule has 1 unspecified atom stereocenters. The number of amides is 1. The lowest BCUT2D eigenvalue weighted by Crippen LogP contribution is -2.39. The third-order valence-corrected chi connectivity index (χ3v) is 5.08. The van der Waals surface area contributed by atoms with Crippen molar-refractivity contribution >= 4 is 11.6 Å². The highest BCUT2D eigenvalue weighted by molar-refractivity contribution is 5.80. The third kappa shape index (κ3) is 3.92. The van der Waals surface area contributed by atoms with E-state index in [9.17, 15) is 9.59 Å². The Kier molecular flexibility index (Phi) is 4.98. The van der Waals surface area contributed by atoms with E-state index in [1.165, 1.54) is 30.4 Å². The van der Waals surface area contributed by atoms with Crippen molar-refractivity contribution < 1.29 is 4.79 Å². The van der Waals surface area contributed by atoms with E-state index < -0.39 is 0 Å². The Morgan fingerprint density at radius 3 is 2.65 bits per heavy atom. The van der Waals surface area contributed by atoms with Gasteiger partial charge in [-0.05, 0) is 19.3 Å². The predicted molar refractivity (Wildman–Crippen MR) is 89.4 cm³/mol. The molecule has 6 heteroatoms. The Hall–Kier alpha value is -1.85. The first kappa shape index (κ1) is 16.0. The number of rotatable bonds is 3. The SMILES string of the molecule is Cn1ncc(N2CCC(C(=O)NC3CCCCCC3)C2)cc1=O. The molecule has 0 bridgehead atoms. The lowest BCUT2D eigenvalue weighted by atomic mass is 10.1. The van der Waals surface area contributed by atoms with E-state index in [0.717, 1.165) is 31.5 Å². The average Bonchev–Trinajstić information content (AvgIpc) is 2.90. The monoisotopic (exact) mass is 318 g/mol. The van der Waals surface area contributed by atoms with Crippen molar-refractivity contribution in [3.8, 4) is 0 Å². The van der Waals surface area contributed by atoms with E-state index in [4.69, 9.17) is 0 Å². The maximum atomic E-state index is 12.5. The van der Waals surface area contributed by atoms with Gasteiger partial charge in [0.2, 0.25) is 5.91 Å². The summed E-state index contributed by atoms with van der Waals surface area (Å²) in [5.41, 5.74) is 0.701. The molecule has 1 amide bonds. The number of anilines is 1. The quantitative estimate of drug-likeness (QED) is 0.857. The number of hydrogen-bond acceptors (Lipinski definition) is 4. The second-order valence-corrected chi connectivity index (χ2v) is 6.80. The Morgan fingerprint density at radius 2 is 1.96 bits per heavy atom. The van der Waals surface area contributed by atoms with Crippen LogP contribution in [0.25, 0.3) is 0 Å². The molecule has 1 aliphatic carbocycles. The van der Waals surface area contributed by atoms with Gasteiger partial charge in [0, 0.05) is 32.2 Å². The van der Waals surface area contributed by atoms with Crippen LogP contribution in [0.2, 0.25) is 0 Å². The van der Waals surface area contributed by atoms with Gasteiger partial charge in [0.05, 0.1) is 17.8 Å². The molecule has 1 atom stereocenters. The summed E-state index contributed by atoms with van der Waals surface area (Å²) < 4.78 is 1.32. The molecule has 126 valence electrons. The van der Waals surface area contributed by atoms with Gasteiger partial charge in [-0.25, -0.2) is 4.68 Å². The van der Waals surface area contributed by atoms with Crippen LogP contribution in [0.1, 0.15) is 44.9 Å². The van der Waals surface area contributed by atoms with Gasteiger partial charge in [-0.2, -0.15) is 5.10 Å². The summed E-state index contributed by atoms with van der Waals surface area (Å²) in [5, 5.41) is 7.31. The number of carbonyl (C=O) groups excluding carboxylic acids is 1. The summed E-state index contributed by atoms with van der Waals surface area (Å²) in [6.07, 6.45) is 9.79. The van der Waals surface area contributed by atoms with Crippen LogP contribution in [0.15, 0.2) is 17.1 Å². The van der Waals surface area contributed by atoms with E-state index >= 15 is 0 Å². The largest absolute Gasteiger partial charge is 0.369 e. The first-order valence-corrected chi connectivity index (χ1v) is 8.72. The first-order valence-electron chi connectivity index (χ1n) is 8.72. The van der Waals surface area contributed by atoms with Crippen molar-refractivity contribution in [1.29, 1.82) is 0 Å². The van der Waals surface area contributed by atoms with Crippen molar-refractivity contribution in [2.24, 2.45) is 13.0 Å². The number of nitrogens with zero attached hydrogens (tertiary/aromatic N) is 3. The number of hydrogen-bond donors (Lipinski definition) is 1. The lowest BCUT2D eigenvalue weighted by molar-refractivity contribution is -0.125. The summed E-state index contributed by atoms with van der Waals surface area (Å²) in [4.78, 5) is 26.3. The van der Waals surface area contributed by atoms with Crippen LogP contribution < -0.4 is 15.8 Å². The summed E-state index contributed by atoms with van der Waals surface area (Å²) in [6.45, 7) is 1.48. The van der Waals surface area contributed by atoms with Gasteiger partial charge in [-0.3, -0.25) is 9.59 Å². The molecule has 2 aliphatic rings. The fraction of sp³-hybridized carbons (Fsp3) is 0.706. The normalized spacial score (nSPS) is 22.8. The molecule has 0 spiro atoms. The molecule has 6 nitrogen and oxygen atoms in total. The molecule has 3 rings (SSSR count). The van der Waals surface area contributed by atoms with Gasteiger partial charge in [0.15, 0.2) is 0 Å². The van der Waals surface area contributed by atoms with Crippen LogP contribution in [-0.4, -0.2) is 34.8 Å². The van der Waals surface area contributed by atoms with E-state index in [1.807, 2.05) is 0 Å². The molecule has 1 aliphatic heterocycles. The minimum atomic E-state index is -0.117. The molecular weight excluding hydrogens is 292 g/mol. The third-order valence-electron chi connectivity index (χ3n) is 5.08. The smallest absolute Gasteiger partial charge is 0.268 e. The predicted octanol–water partition coefficient (Wildman–Crippen LogP) is 1.45. The van der Waals surface area contributed by atoms with Gasteiger partial charge in [-0.1, -0.05) is 25.7 Å². The Bertz CT molecular complexity index is 605. The van der Waals surface area contributed by atoms with Crippen molar-refractivity contribution in [1.82, 2.24) is 15.1 Å². The van der Waals surface area contributed by atoms with Gasteiger partial charge in [0.1, 0.15) is 0 Å². The van der Waals surface area contributed by atoms with Crippen LogP contribution in [0.3, 0.4) is 0 Å². The summed E-state index contributed by atoms with van der Waals surface area (Å²) >= 11 is 0. The zero-order chi connectivity index (χ0) is 16.2. The lowest BCUT2D eigenvalue weighted by Gasteiger charge is -2.20. The number of aryl methyl sites for hydroxylation is 1. The van der Waals surface area contributed by atoms with Crippen LogP contribution in [0, 0.1) is 5.92 Å². The van der Waals surface area contributed by atoms with E-state index in [0.29, 0.717) is 12.6 Å². The molecule has 1 saturated carbocycles. The van der Waals surface area contributed by atoms with Crippen LogP contribution in [-0.2, 0) is 11.8 Å². The maximum Gasteiger partial charge on any atom is 0.268 e. The zero-order valence-corrected chi connectivity index (χ0v) is 13.8. The summed E-state index contributed by atoms with van der Waals surface area (Å²) in [6, 6.07) is 1.95. The van der Waals surface area contributed by atoms with Gasteiger partial charge >= 0.3 is 0 Å². The minimum Gasteiger partial charge on any atom is -0.369 e. The minimum absolute atomic E-state index is 0.0160. The highest BCUT2D eigenvalue weighted by Crippen LogP contribution is 2.23. The molecule has 0 aromatic carbocycles. The zero-order valence-electron chi connectivity index (χ0n) is 13.8. The van der Waals surface area contributed by atoms with Crippen molar-refractivity contribution in [2.75, 3.05) is 18.0 Å². The number of nitrogens with one attached hydrogen (secondary N) is 1. The topological polar surface area (TPSA) is 67.2 Å². The number of carbonyl (C=O) groups is 1. The maximum absolute atomic E-state index is 12.5. The molecular formula is C17H26N4O2. The second kappa shape index (κ2) is 7.15. The Balaban J connectivity index is 1.57. The molecule has 0 radical (unpaired) electrons. The van der Waals surface area contributed by atoms with Crippen molar-refractivity contribution in [3.63, 3.8) is 0 Å². The van der Waals surface area contributed by atoms with Gasteiger partial charge in [-0.15, -0.1) is 0 Å². The van der Waals surface area contributed by atoms with Crippen LogP contribution in [0.4, 0.5) is 5.69 Å². The second-order valence-electron chi connectivity index (χ2n) is 6.80. The van der Waals surface area contributed by atoms with Crippen molar-refractivity contribution in [3.05, 3.63) is 22.6 Å².